The lowest BCUT2D eigenvalue weighted by Crippen LogP contribution is -2.36. The Morgan fingerprint density at radius 1 is 1.21 bits per heavy atom. The summed E-state index contributed by atoms with van der Waals surface area (Å²) in [5, 5.41) is 3.31. The Balaban J connectivity index is 1.32. The van der Waals surface area contributed by atoms with E-state index in [1.165, 1.54) is 0 Å². The molecule has 2 saturated heterocycles. The Bertz CT molecular complexity index is 957. The molecular formula is C20H24N4O4. The van der Waals surface area contributed by atoms with E-state index in [2.05, 4.69) is 10.3 Å². The van der Waals surface area contributed by atoms with Gasteiger partial charge in [0.2, 0.25) is 5.91 Å². The van der Waals surface area contributed by atoms with Crippen molar-refractivity contribution in [3.05, 3.63) is 40.9 Å². The minimum Gasteiger partial charge on any atom is -0.441 e. The Morgan fingerprint density at radius 3 is 2.89 bits per heavy atom. The summed E-state index contributed by atoms with van der Waals surface area (Å²) in [6.45, 7) is 2.24. The molecule has 2 amide bonds. The van der Waals surface area contributed by atoms with Crippen LogP contribution in [0.15, 0.2) is 35.4 Å². The minimum atomic E-state index is -0.462. The second-order valence-electron chi connectivity index (χ2n) is 7.52. The number of rotatable bonds is 4. The van der Waals surface area contributed by atoms with Gasteiger partial charge in [0.1, 0.15) is 5.60 Å². The molecule has 0 aliphatic carbocycles. The van der Waals surface area contributed by atoms with Crippen LogP contribution in [0.5, 0.6) is 0 Å². The summed E-state index contributed by atoms with van der Waals surface area (Å²) in [6.07, 6.45) is 4.39. The van der Waals surface area contributed by atoms with Crippen molar-refractivity contribution in [2.75, 3.05) is 19.6 Å². The number of amides is 2. The number of ether oxygens (including phenoxy) is 1. The Kier molecular flexibility index (Phi) is 5.02. The zero-order valence-electron chi connectivity index (χ0n) is 15.7. The number of nitrogens with zero attached hydrogens (tertiary/aromatic N) is 3. The number of nitrogens with one attached hydrogen (secondary N) is 1. The molecule has 0 bridgehead atoms. The van der Waals surface area contributed by atoms with Crippen LogP contribution >= 0.6 is 0 Å². The molecule has 8 nitrogen and oxygen atoms in total. The molecule has 1 aromatic heterocycles. The van der Waals surface area contributed by atoms with E-state index in [0.717, 1.165) is 12.8 Å². The van der Waals surface area contributed by atoms with Gasteiger partial charge in [-0.1, -0.05) is 12.1 Å². The highest BCUT2D eigenvalue weighted by Crippen LogP contribution is 2.29. The number of carbonyl (C=O) groups is 2. The number of alkyl carbamates (subject to hydrolysis) is 1. The zero-order chi connectivity index (χ0) is 19.6. The number of hydrogen-bond acceptors (Lipinski definition) is 5. The number of fused-ring (bicyclic) bond motifs is 1. The quantitative estimate of drug-likeness (QED) is 0.865. The van der Waals surface area contributed by atoms with Gasteiger partial charge in [-0.25, -0.2) is 9.78 Å². The molecule has 0 unspecified atom stereocenters. The predicted molar refractivity (Wildman–Crippen MR) is 103 cm³/mol. The lowest BCUT2D eigenvalue weighted by Gasteiger charge is -2.25. The van der Waals surface area contributed by atoms with Gasteiger partial charge in [0.05, 0.1) is 23.8 Å². The first-order valence-electron chi connectivity index (χ1n) is 9.75. The highest BCUT2D eigenvalue weighted by molar-refractivity contribution is 5.77. The summed E-state index contributed by atoms with van der Waals surface area (Å²) >= 11 is 0. The van der Waals surface area contributed by atoms with Crippen molar-refractivity contribution >= 4 is 22.9 Å². The minimum absolute atomic E-state index is 0.0784. The van der Waals surface area contributed by atoms with Gasteiger partial charge in [0.15, 0.2) is 0 Å². The van der Waals surface area contributed by atoms with Crippen LogP contribution in [0.1, 0.15) is 32.1 Å². The van der Waals surface area contributed by atoms with Crippen molar-refractivity contribution in [3.63, 3.8) is 0 Å². The van der Waals surface area contributed by atoms with Gasteiger partial charge in [-0.05, 0) is 31.4 Å². The highest BCUT2D eigenvalue weighted by atomic mass is 16.6. The third kappa shape index (κ3) is 3.72. The van der Waals surface area contributed by atoms with Gasteiger partial charge in [-0.3, -0.25) is 14.2 Å². The molecule has 0 radical (unpaired) electrons. The summed E-state index contributed by atoms with van der Waals surface area (Å²) in [7, 11) is 0. The van der Waals surface area contributed by atoms with Crippen molar-refractivity contribution in [2.24, 2.45) is 0 Å². The van der Waals surface area contributed by atoms with Crippen LogP contribution in [0.4, 0.5) is 4.79 Å². The second-order valence-corrected chi connectivity index (χ2v) is 7.52. The lowest BCUT2D eigenvalue weighted by atomic mass is 9.95. The maximum atomic E-state index is 12.6. The van der Waals surface area contributed by atoms with Gasteiger partial charge >= 0.3 is 6.09 Å². The van der Waals surface area contributed by atoms with Crippen LogP contribution in [0.3, 0.4) is 0 Å². The molecule has 2 fully saturated rings. The molecule has 2 aliphatic heterocycles. The first kappa shape index (κ1) is 18.5. The van der Waals surface area contributed by atoms with Crippen LogP contribution in [0.25, 0.3) is 10.9 Å². The molecule has 1 atom stereocenters. The third-order valence-corrected chi connectivity index (χ3v) is 5.64. The summed E-state index contributed by atoms with van der Waals surface area (Å²) in [5.41, 5.74) is 0.140. The van der Waals surface area contributed by atoms with E-state index in [9.17, 15) is 14.4 Å². The Morgan fingerprint density at radius 2 is 2.07 bits per heavy atom. The Labute approximate surface area is 162 Å². The van der Waals surface area contributed by atoms with Gasteiger partial charge < -0.3 is 15.0 Å². The first-order valence-corrected chi connectivity index (χ1v) is 9.75. The molecule has 1 N–H and O–H groups in total. The summed E-state index contributed by atoms with van der Waals surface area (Å²) < 4.78 is 7.02. The van der Waals surface area contributed by atoms with E-state index in [0.29, 0.717) is 56.3 Å². The fourth-order valence-corrected chi connectivity index (χ4v) is 4.02. The zero-order valence-corrected chi connectivity index (χ0v) is 15.7. The number of hydrogen-bond donors (Lipinski definition) is 1. The average molecular weight is 384 g/mol. The topological polar surface area (TPSA) is 93.5 Å². The van der Waals surface area contributed by atoms with Crippen molar-refractivity contribution in [1.29, 1.82) is 0 Å². The van der Waals surface area contributed by atoms with Crippen LogP contribution in [-0.4, -0.2) is 51.7 Å². The fraction of sp³-hybridized carbons (Fsp3) is 0.500. The molecular weight excluding hydrogens is 360 g/mol. The van der Waals surface area contributed by atoms with Crippen LogP contribution in [-0.2, 0) is 16.1 Å². The number of aromatic nitrogens is 2. The van der Waals surface area contributed by atoms with E-state index in [-0.39, 0.29) is 17.6 Å². The van der Waals surface area contributed by atoms with E-state index < -0.39 is 5.60 Å². The molecule has 2 aromatic rings. The van der Waals surface area contributed by atoms with E-state index in [4.69, 9.17) is 4.74 Å². The standard InChI is InChI=1S/C20H24N4O4/c25-17(23-11-4-8-20(9-12-23)13-21-19(27)28-20)7-3-10-24-14-22-16-6-2-1-5-15(16)18(24)26/h1-2,5-6,14H,3-4,7-13H2,(H,21,27)/t20-/m1/s1. The number of benzene rings is 1. The predicted octanol–water partition coefficient (Wildman–Crippen LogP) is 1.67. The average Bonchev–Trinajstić information content (AvgIpc) is 2.93. The second kappa shape index (κ2) is 7.61. The largest absolute Gasteiger partial charge is 0.441 e. The molecule has 148 valence electrons. The van der Waals surface area contributed by atoms with Gasteiger partial charge in [0.25, 0.3) is 5.56 Å². The monoisotopic (exact) mass is 384 g/mol. The normalized spacial score (nSPS) is 22.1. The molecule has 2 aliphatic rings. The highest BCUT2D eigenvalue weighted by Gasteiger charge is 2.41. The molecule has 3 heterocycles. The van der Waals surface area contributed by atoms with Crippen LogP contribution in [0, 0.1) is 0 Å². The third-order valence-electron chi connectivity index (χ3n) is 5.64. The summed E-state index contributed by atoms with van der Waals surface area (Å²) in [5.74, 6) is 0.0797. The van der Waals surface area contributed by atoms with Crippen LogP contribution in [0.2, 0.25) is 0 Å². The first-order chi connectivity index (χ1) is 13.6. The number of aryl methyl sites for hydroxylation is 1. The maximum Gasteiger partial charge on any atom is 0.407 e. The number of likely N-dealkylation sites (tertiary alicyclic amines) is 1. The number of carbonyl (C=O) groups excluding carboxylic acids is 2. The van der Waals surface area contributed by atoms with E-state index in [1.807, 2.05) is 23.1 Å². The number of para-hydroxylation sites is 1. The summed E-state index contributed by atoms with van der Waals surface area (Å²) in [4.78, 5) is 42.6. The van der Waals surface area contributed by atoms with E-state index in [1.54, 1.807) is 17.0 Å². The molecule has 8 heteroatoms. The van der Waals surface area contributed by atoms with Crippen molar-refractivity contribution < 1.29 is 14.3 Å². The maximum absolute atomic E-state index is 12.6. The van der Waals surface area contributed by atoms with Crippen molar-refractivity contribution in [2.45, 2.75) is 44.2 Å². The fourth-order valence-electron chi connectivity index (χ4n) is 4.02. The molecule has 1 aromatic carbocycles. The molecule has 1 spiro atoms. The van der Waals surface area contributed by atoms with E-state index >= 15 is 0 Å². The molecule has 4 rings (SSSR count). The van der Waals surface area contributed by atoms with Crippen molar-refractivity contribution in [3.8, 4) is 0 Å². The van der Waals surface area contributed by atoms with Crippen molar-refractivity contribution in [1.82, 2.24) is 19.8 Å². The van der Waals surface area contributed by atoms with Crippen LogP contribution < -0.4 is 10.9 Å². The molecule has 28 heavy (non-hydrogen) atoms. The lowest BCUT2D eigenvalue weighted by molar-refractivity contribution is -0.131. The summed E-state index contributed by atoms with van der Waals surface area (Å²) in [6, 6.07) is 7.26. The van der Waals surface area contributed by atoms with Gasteiger partial charge in [-0.2, -0.15) is 0 Å². The SMILES string of the molecule is O=C1NC[C@]2(CCCN(C(=O)CCCn3cnc4ccccc4c3=O)CC2)O1. The Hall–Kier alpha value is -2.90. The van der Waals surface area contributed by atoms with Gasteiger partial charge in [-0.15, -0.1) is 0 Å². The van der Waals surface area contributed by atoms with Gasteiger partial charge in [0, 0.05) is 32.5 Å². The molecule has 0 saturated carbocycles. The smallest absolute Gasteiger partial charge is 0.407 e.